The van der Waals surface area contributed by atoms with Gasteiger partial charge in [0.2, 0.25) is 9.54 Å². The first-order chi connectivity index (χ1) is 20.9. The Bertz CT molecular complexity index is 1620. The van der Waals surface area contributed by atoms with E-state index in [1.54, 1.807) is 60.7 Å². The zero-order chi connectivity index (χ0) is 31.5. The van der Waals surface area contributed by atoms with Crippen molar-refractivity contribution < 1.29 is 26.3 Å². The maximum atomic E-state index is 13.7. The van der Waals surface area contributed by atoms with E-state index in [0.717, 1.165) is 9.36 Å². The van der Waals surface area contributed by atoms with Crippen LogP contribution in [0.15, 0.2) is 70.9 Å². The van der Waals surface area contributed by atoms with Crippen LogP contribution in [0.4, 0.5) is 26.3 Å². The first-order valence-electron chi connectivity index (χ1n) is 13.1. The average molecular weight is 655 g/mol. The Labute approximate surface area is 256 Å². The highest BCUT2D eigenvalue weighted by atomic mass is 32.1. The number of rotatable bonds is 8. The van der Waals surface area contributed by atoms with E-state index in [0.29, 0.717) is 46.7 Å². The molecular formula is C26H24F6N10S2. The Kier molecular flexibility index (Phi) is 9.23. The highest BCUT2D eigenvalue weighted by Crippen LogP contribution is 2.29. The second-order valence-corrected chi connectivity index (χ2v) is 10.4. The Hall–Kier alpha value is -4.00. The molecule has 0 atom stereocenters. The maximum Gasteiger partial charge on any atom is 0.453 e. The van der Waals surface area contributed by atoms with Crippen LogP contribution in [0.5, 0.6) is 0 Å². The average Bonchev–Trinajstić information content (AvgIpc) is 3.48. The number of halogens is 6. The summed E-state index contributed by atoms with van der Waals surface area (Å²) >= 11 is 10.5. The minimum atomic E-state index is -4.80. The predicted molar refractivity (Wildman–Crippen MR) is 154 cm³/mol. The molecule has 10 nitrogen and oxygen atoms in total. The van der Waals surface area contributed by atoms with Gasteiger partial charge in [-0.05, 0) is 35.6 Å². The molecule has 0 N–H and O–H groups in total. The van der Waals surface area contributed by atoms with Gasteiger partial charge in [-0.15, -0.1) is 10.2 Å². The van der Waals surface area contributed by atoms with Crippen LogP contribution < -0.4 is 0 Å². The van der Waals surface area contributed by atoms with Gasteiger partial charge in [-0.1, -0.05) is 60.7 Å². The van der Waals surface area contributed by atoms with Crippen LogP contribution in [-0.2, 0) is 25.7 Å². The molecule has 0 unspecified atom stereocenters. The zero-order valence-corrected chi connectivity index (χ0v) is 24.4. The van der Waals surface area contributed by atoms with Crippen LogP contribution in [0.3, 0.4) is 0 Å². The molecule has 1 aliphatic rings. The van der Waals surface area contributed by atoms with Gasteiger partial charge >= 0.3 is 12.4 Å². The first kappa shape index (κ1) is 31.4. The quantitative estimate of drug-likeness (QED) is 0.148. The molecule has 1 fully saturated rings. The largest absolute Gasteiger partial charge is 0.453 e. The van der Waals surface area contributed by atoms with Gasteiger partial charge in [0.25, 0.3) is 11.6 Å². The topological polar surface area (TPSA) is 76.7 Å². The zero-order valence-electron chi connectivity index (χ0n) is 22.7. The van der Waals surface area contributed by atoms with E-state index in [4.69, 9.17) is 24.4 Å². The molecule has 18 heteroatoms. The summed E-state index contributed by atoms with van der Waals surface area (Å²) in [6.07, 6.45) is -7.07. The Morgan fingerprint density at radius 1 is 0.614 bits per heavy atom. The van der Waals surface area contributed by atoms with Crippen LogP contribution in [-0.4, -0.2) is 77.3 Å². The van der Waals surface area contributed by atoms with E-state index in [9.17, 15) is 26.3 Å². The summed E-state index contributed by atoms with van der Waals surface area (Å²) in [5.74, 6) is -2.51. The molecule has 0 spiro atoms. The summed E-state index contributed by atoms with van der Waals surface area (Å²) in [6, 6.07) is 17.2. The molecule has 4 aromatic rings. The third kappa shape index (κ3) is 7.37. The maximum absolute atomic E-state index is 13.7. The summed E-state index contributed by atoms with van der Waals surface area (Å²) in [5.41, 5.74) is 1.17. The molecule has 2 aromatic carbocycles. The minimum absolute atomic E-state index is 0.0376. The fourth-order valence-corrected chi connectivity index (χ4v) is 4.79. The van der Waals surface area contributed by atoms with Crippen molar-refractivity contribution in [2.75, 3.05) is 26.2 Å². The van der Waals surface area contributed by atoms with E-state index < -0.39 is 24.0 Å². The molecule has 0 bridgehead atoms. The molecule has 1 saturated heterocycles. The summed E-state index contributed by atoms with van der Waals surface area (Å²) in [6.45, 7) is 1.41. The molecule has 5 rings (SSSR count). The number of alkyl halides is 6. The highest BCUT2D eigenvalue weighted by molar-refractivity contribution is 7.71. The van der Waals surface area contributed by atoms with Crippen LogP contribution >= 0.6 is 24.4 Å². The fraction of sp³-hybridized carbons (Fsp3) is 0.308. The standard InChI is InChI=1S/C26H24F6N10S2/c27-25(28,29)21-35-39(23(43)41(21)33-15-19-7-3-1-4-8-19)17-37-11-13-38(14-12-37)18-40-24(44)42(22(36-40)26(30,31)32)34-16-20-9-5-2-6-10-20/h1-10,15-16H,11-14,17-18H2/b33-15-,34-16-. The molecule has 3 heterocycles. The van der Waals surface area contributed by atoms with Gasteiger partial charge < -0.3 is 0 Å². The smallest absolute Gasteiger partial charge is 0.282 e. The van der Waals surface area contributed by atoms with E-state index >= 15 is 0 Å². The SMILES string of the molecule is FC(F)(F)c1nn(CN2CCN(Cn3nc(C(F)(F)F)n(/N=C\c4ccccc4)c3=S)CC2)c(=S)n1/N=C\c1ccccc1. The molecule has 2 aromatic heterocycles. The first-order valence-corrected chi connectivity index (χ1v) is 13.9. The minimum Gasteiger partial charge on any atom is -0.282 e. The van der Waals surface area contributed by atoms with Gasteiger partial charge in [0.05, 0.1) is 25.8 Å². The number of benzene rings is 2. The third-order valence-corrected chi connectivity index (χ3v) is 7.29. The second-order valence-electron chi connectivity index (χ2n) is 9.66. The Morgan fingerprint density at radius 2 is 0.955 bits per heavy atom. The van der Waals surface area contributed by atoms with Crippen LogP contribution in [0, 0.1) is 9.54 Å². The number of hydrogen-bond acceptors (Lipinski definition) is 8. The molecule has 0 saturated carbocycles. The lowest BCUT2D eigenvalue weighted by molar-refractivity contribution is -0.148. The van der Waals surface area contributed by atoms with Crippen LogP contribution in [0.2, 0.25) is 0 Å². The molecule has 0 aliphatic carbocycles. The number of aromatic nitrogens is 6. The number of piperazine rings is 1. The van der Waals surface area contributed by atoms with Crippen LogP contribution in [0.1, 0.15) is 22.8 Å². The van der Waals surface area contributed by atoms with Gasteiger partial charge in [0, 0.05) is 26.2 Å². The van der Waals surface area contributed by atoms with Crippen molar-refractivity contribution >= 4 is 36.9 Å². The van der Waals surface area contributed by atoms with Gasteiger partial charge in [0.15, 0.2) is 0 Å². The molecule has 0 amide bonds. The lowest BCUT2D eigenvalue weighted by Gasteiger charge is -2.34. The van der Waals surface area contributed by atoms with E-state index in [1.807, 2.05) is 9.80 Å². The van der Waals surface area contributed by atoms with Crippen molar-refractivity contribution in [3.05, 3.63) is 93.0 Å². The van der Waals surface area contributed by atoms with Gasteiger partial charge in [-0.2, -0.15) is 45.9 Å². The van der Waals surface area contributed by atoms with Crippen molar-refractivity contribution in [2.45, 2.75) is 25.7 Å². The van der Waals surface area contributed by atoms with Crippen molar-refractivity contribution in [1.82, 2.24) is 38.7 Å². The molecular weight excluding hydrogens is 630 g/mol. The second kappa shape index (κ2) is 12.9. The van der Waals surface area contributed by atoms with Gasteiger partial charge in [-0.3, -0.25) is 9.80 Å². The Morgan fingerprint density at radius 3 is 1.27 bits per heavy atom. The number of hydrogen-bond donors (Lipinski definition) is 0. The molecule has 0 radical (unpaired) electrons. The van der Waals surface area contributed by atoms with Crippen molar-refractivity contribution in [2.24, 2.45) is 10.2 Å². The predicted octanol–water partition coefficient (Wildman–Crippen LogP) is 5.18. The van der Waals surface area contributed by atoms with E-state index in [2.05, 4.69) is 20.4 Å². The molecule has 44 heavy (non-hydrogen) atoms. The van der Waals surface area contributed by atoms with E-state index in [-0.39, 0.29) is 22.9 Å². The van der Waals surface area contributed by atoms with Gasteiger partial charge in [-0.25, -0.2) is 9.36 Å². The lowest BCUT2D eigenvalue weighted by atomic mass is 10.2. The Balaban J connectivity index is 1.27. The number of nitrogens with zero attached hydrogens (tertiary/aromatic N) is 10. The van der Waals surface area contributed by atoms with Gasteiger partial charge in [0.1, 0.15) is 0 Å². The van der Waals surface area contributed by atoms with Crippen LogP contribution in [0.25, 0.3) is 0 Å². The third-order valence-electron chi connectivity index (χ3n) is 6.52. The van der Waals surface area contributed by atoms with Crippen molar-refractivity contribution in [3.63, 3.8) is 0 Å². The fourth-order valence-electron chi connectivity index (χ4n) is 4.32. The van der Waals surface area contributed by atoms with Crippen molar-refractivity contribution in [1.29, 1.82) is 0 Å². The molecule has 232 valence electrons. The van der Waals surface area contributed by atoms with E-state index in [1.165, 1.54) is 12.4 Å². The lowest BCUT2D eigenvalue weighted by Crippen LogP contribution is -2.47. The normalized spacial score (nSPS) is 15.6. The summed E-state index contributed by atoms with van der Waals surface area (Å²) in [4.78, 5) is 3.65. The van der Waals surface area contributed by atoms with Crippen molar-refractivity contribution in [3.8, 4) is 0 Å². The summed E-state index contributed by atoms with van der Waals surface area (Å²) < 4.78 is 85.2. The highest BCUT2D eigenvalue weighted by Gasteiger charge is 2.40. The summed E-state index contributed by atoms with van der Waals surface area (Å²) in [7, 11) is 0. The molecule has 1 aliphatic heterocycles. The summed E-state index contributed by atoms with van der Waals surface area (Å²) in [5, 5.41) is 15.2. The monoisotopic (exact) mass is 654 g/mol.